The average molecular weight is 238 g/mol. The number of aliphatic hydroxyl groups is 1. The van der Waals surface area contributed by atoms with Gasteiger partial charge in [-0.1, -0.05) is 23.2 Å². The molecule has 7 heteroatoms. The highest BCUT2D eigenvalue weighted by atomic mass is 35.5. The number of rotatable bonds is 3. The van der Waals surface area contributed by atoms with Crippen molar-refractivity contribution in [1.29, 1.82) is 0 Å². The van der Waals surface area contributed by atoms with Gasteiger partial charge in [0.1, 0.15) is 5.03 Å². The van der Waals surface area contributed by atoms with Crippen molar-refractivity contribution < 1.29 is 18.3 Å². The highest BCUT2D eigenvalue weighted by Gasteiger charge is 2.35. The second-order valence-electron chi connectivity index (χ2n) is 2.36. The summed E-state index contributed by atoms with van der Waals surface area (Å²) in [5.41, 5.74) is 5.16. The van der Waals surface area contributed by atoms with Crippen LogP contribution in [0.25, 0.3) is 0 Å². The minimum Gasteiger partial charge on any atom is -0.395 e. The van der Waals surface area contributed by atoms with Gasteiger partial charge in [-0.25, -0.2) is 0 Å². The van der Waals surface area contributed by atoms with Gasteiger partial charge in [0.2, 0.25) is 0 Å². The predicted molar refractivity (Wildman–Crippen MR) is 44.5 cm³/mol. The number of halogens is 5. The summed E-state index contributed by atoms with van der Waals surface area (Å²) >= 11 is 10.1. The Hall–Kier alpha value is 0.0300. The van der Waals surface area contributed by atoms with Crippen molar-refractivity contribution in [1.82, 2.24) is 0 Å². The summed E-state index contributed by atoms with van der Waals surface area (Å²) in [6.45, 7) is -0.446. The second-order valence-corrected chi connectivity index (χ2v) is 3.20. The molecule has 0 aromatic rings. The van der Waals surface area contributed by atoms with Crippen LogP contribution in [0, 0.1) is 0 Å². The minimum atomic E-state index is -4.66. The first-order valence-electron chi connectivity index (χ1n) is 3.26. The van der Waals surface area contributed by atoms with Crippen LogP contribution >= 0.6 is 23.2 Å². The molecule has 0 aromatic carbocycles. The average Bonchev–Trinajstić information content (AvgIpc) is 2.01. The fourth-order valence-corrected chi connectivity index (χ4v) is 0.921. The lowest BCUT2D eigenvalue weighted by atomic mass is 10.2. The van der Waals surface area contributed by atoms with Crippen molar-refractivity contribution in [2.24, 2.45) is 5.73 Å². The summed E-state index contributed by atoms with van der Waals surface area (Å²) in [6, 6.07) is -0.830. The fraction of sp³-hybridized carbons (Fsp3) is 0.667. The number of nitrogens with two attached hydrogens (primary N) is 1. The highest BCUT2D eigenvalue weighted by molar-refractivity contribution is 6.39. The molecular weight excluding hydrogens is 230 g/mol. The molecule has 0 amide bonds. The zero-order valence-corrected chi connectivity index (χ0v) is 7.92. The van der Waals surface area contributed by atoms with Crippen molar-refractivity contribution in [3.63, 3.8) is 0 Å². The SMILES string of the molecule is NC(CO)C/C(Cl)=C(\Cl)C(F)(F)F. The Morgan fingerprint density at radius 1 is 1.38 bits per heavy atom. The van der Waals surface area contributed by atoms with E-state index >= 15 is 0 Å². The molecule has 0 aromatic heterocycles. The standard InChI is InChI=1S/C6H8Cl2F3NO/c7-4(1-3(12)2-13)5(8)6(9,10)11/h3,13H,1-2,12H2/b5-4+. The number of aliphatic hydroxyl groups excluding tert-OH is 1. The van der Waals surface area contributed by atoms with Crippen LogP contribution in [-0.4, -0.2) is 23.9 Å². The summed E-state index contributed by atoms with van der Waals surface area (Å²) in [5, 5.41) is 6.46. The Labute approximate surface area is 83.1 Å². The van der Waals surface area contributed by atoms with Crippen LogP contribution in [-0.2, 0) is 0 Å². The summed E-state index contributed by atoms with van der Waals surface area (Å²) in [7, 11) is 0. The third kappa shape index (κ3) is 4.71. The first-order chi connectivity index (χ1) is 5.79. The van der Waals surface area contributed by atoms with E-state index in [9.17, 15) is 13.2 Å². The molecule has 0 radical (unpaired) electrons. The minimum absolute atomic E-state index is 0.295. The molecule has 0 saturated heterocycles. The smallest absolute Gasteiger partial charge is 0.395 e. The maximum absolute atomic E-state index is 11.9. The van der Waals surface area contributed by atoms with E-state index in [0.29, 0.717) is 0 Å². The maximum atomic E-state index is 11.9. The van der Waals surface area contributed by atoms with E-state index in [0.717, 1.165) is 0 Å². The molecule has 0 heterocycles. The lowest BCUT2D eigenvalue weighted by Gasteiger charge is -2.10. The summed E-state index contributed by atoms with van der Waals surface area (Å²) in [5.74, 6) is 0. The van der Waals surface area contributed by atoms with Gasteiger partial charge in [-0.15, -0.1) is 0 Å². The van der Waals surface area contributed by atoms with Crippen molar-refractivity contribution in [3.8, 4) is 0 Å². The molecule has 0 aliphatic carbocycles. The second kappa shape index (κ2) is 5.05. The van der Waals surface area contributed by atoms with E-state index in [2.05, 4.69) is 0 Å². The molecule has 1 atom stereocenters. The van der Waals surface area contributed by atoms with Gasteiger partial charge in [-0.3, -0.25) is 0 Å². The molecule has 0 fully saturated rings. The zero-order chi connectivity index (χ0) is 10.6. The van der Waals surface area contributed by atoms with E-state index in [1.54, 1.807) is 0 Å². The fourth-order valence-electron chi connectivity index (χ4n) is 0.538. The molecule has 0 aliphatic rings. The van der Waals surface area contributed by atoms with E-state index < -0.39 is 28.9 Å². The monoisotopic (exact) mass is 237 g/mol. The van der Waals surface area contributed by atoms with Crippen molar-refractivity contribution in [2.75, 3.05) is 6.61 Å². The lowest BCUT2D eigenvalue weighted by Crippen LogP contribution is -2.25. The van der Waals surface area contributed by atoms with Gasteiger partial charge in [-0.05, 0) is 0 Å². The Bertz CT molecular complexity index is 205. The molecule has 0 saturated carbocycles. The first kappa shape index (κ1) is 13.0. The van der Waals surface area contributed by atoms with Crippen molar-refractivity contribution >= 4 is 23.2 Å². The molecule has 1 unspecified atom stereocenters. The molecule has 3 N–H and O–H groups in total. The molecule has 13 heavy (non-hydrogen) atoms. The summed E-state index contributed by atoms with van der Waals surface area (Å²) < 4.78 is 35.6. The Balaban J connectivity index is 4.45. The van der Waals surface area contributed by atoms with Gasteiger partial charge in [0.25, 0.3) is 0 Å². The van der Waals surface area contributed by atoms with Gasteiger partial charge < -0.3 is 10.8 Å². The number of hydrogen-bond acceptors (Lipinski definition) is 2. The number of hydrogen-bond donors (Lipinski definition) is 2. The molecule has 2 nitrogen and oxygen atoms in total. The predicted octanol–water partition coefficient (Wildman–Crippen LogP) is 1.95. The maximum Gasteiger partial charge on any atom is 0.428 e. The van der Waals surface area contributed by atoms with Crippen LogP contribution in [0.1, 0.15) is 6.42 Å². The first-order valence-corrected chi connectivity index (χ1v) is 4.02. The van der Waals surface area contributed by atoms with Crippen LogP contribution in [0.4, 0.5) is 13.2 Å². The molecule has 0 spiro atoms. The van der Waals surface area contributed by atoms with Gasteiger partial charge in [-0.2, -0.15) is 13.2 Å². The van der Waals surface area contributed by atoms with Gasteiger partial charge in [0.05, 0.1) is 6.61 Å². The summed E-state index contributed by atoms with van der Waals surface area (Å²) in [4.78, 5) is 0. The van der Waals surface area contributed by atoms with Gasteiger partial charge in [0, 0.05) is 17.5 Å². The van der Waals surface area contributed by atoms with Crippen LogP contribution < -0.4 is 5.73 Å². The van der Waals surface area contributed by atoms with E-state index in [-0.39, 0.29) is 6.42 Å². The largest absolute Gasteiger partial charge is 0.428 e. The normalized spacial score (nSPS) is 16.8. The molecule has 0 aliphatic heterocycles. The highest BCUT2D eigenvalue weighted by Crippen LogP contribution is 2.34. The van der Waals surface area contributed by atoms with Crippen LogP contribution in [0.3, 0.4) is 0 Å². The molecule has 78 valence electrons. The van der Waals surface area contributed by atoms with Crippen molar-refractivity contribution in [3.05, 3.63) is 10.1 Å². The quantitative estimate of drug-likeness (QED) is 0.789. The van der Waals surface area contributed by atoms with Gasteiger partial charge >= 0.3 is 6.18 Å². The van der Waals surface area contributed by atoms with E-state index in [1.165, 1.54) is 0 Å². The number of alkyl halides is 3. The van der Waals surface area contributed by atoms with E-state index in [1.807, 2.05) is 0 Å². The molecule has 0 bridgehead atoms. The Morgan fingerprint density at radius 3 is 2.15 bits per heavy atom. The van der Waals surface area contributed by atoms with Crippen molar-refractivity contribution in [2.45, 2.75) is 18.6 Å². The molecular formula is C6H8Cl2F3NO. The van der Waals surface area contributed by atoms with Crippen LogP contribution in [0.15, 0.2) is 10.1 Å². The molecule has 0 rings (SSSR count). The number of allylic oxidation sites excluding steroid dienone is 1. The van der Waals surface area contributed by atoms with E-state index in [4.69, 9.17) is 34.0 Å². The lowest BCUT2D eigenvalue weighted by molar-refractivity contribution is -0.0850. The zero-order valence-electron chi connectivity index (χ0n) is 6.41. The summed E-state index contributed by atoms with van der Waals surface area (Å²) in [6.07, 6.45) is -4.95. The van der Waals surface area contributed by atoms with Crippen LogP contribution in [0.2, 0.25) is 0 Å². The van der Waals surface area contributed by atoms with Crippen LogP contribution in [0.5, 0.6) is 0 Å². The Morgan fingerprint density at radius 2 is 1.85 bits per heavy atom. The van der Waals surface area contributed by atoms with Gasteiger partial charge in [0.15, 0.2) is 0 Å². The topological polar surface area (TPSA) is 46.2 Å². The third-order valence-electron chi connectivity index (χ3n) is 1.16. The Kier molecular flexibility index (Phi) is 5.06. The third-order valence-corrected chi connectivity index (χ3v) is 2.05.